The van der Waals surface area contributed by atoms with E-state index in [9.17, 15) is 0 Å². The van der Waals surface area contributed by atoms with Gasteiger partial charge in [-0.1, -0.05) is 6.07 Å². The predicted molar refractivity (Wildman–Crippen MR) is 66.6 cm³/mol. The van der Waals surface area contributed by atoms with E-state index in [1.54, 1.807) is 0 Å². The second-order valence-electron chi connectivity index (χ2n) is 5.29. The molecule has 96 valence electrons. The van der Waals surface area contributed by atoms with Crippen molar-refractivity contribution in [3.8, 4) is 17.2 Å². The average Bonchev–Trinajstić information content (AvgIpc) is 2.87. The van der Waals surface area contributed by atoms with Crippen LogP contribution in [-0.4, -0.2) is 31.9 Å². The number of hydrogen-bond donors (Lipinski definition) is 1. The van der Waals surface area contributed by atoms with Crippen LogP contribution < -0.4 is 19.5 Å². The first kappa shape index (κ1) is 10.5. The van der Waals surface area contributed by atoms with Crippen molar-refractivity contribution in [2.75, 3.05) is 26.3 Å². The van der Waals surface area contributed by atoms with Crippen molar-refractivity contribution in [1.82, 2.24) is 5.32 Å². The molecule has 3 aliphatic heterocycles. The molecule has 1 spiro atoms. The number of rotatable bonds is 0. The summed E-state index contributed by atoms with van der Waals surface area (Å²) in [6.07, 6.45) is 3.23. The van der Waals surface area contributed by atoms with Crippen LogP contribution in [0.4, 0.5) is 0 Å². The number of hydrogen-bond acceptors (Lipinski definition) is 4. The normalized spacial score (nSPS) is 28.9. The summed E-state index contributed by atoms with van der Waals surface area (Å²) < 4.78 is 17.7. The standard InChI is InChI=1S/C14H17NO3/c1-2-11-13(17-8-7-16-11)12-10(1)3-4-14(18-12)5-6-15-9-14/h1-2,15H,3-9H2. The van der Waals surface area contributed by atoms with Crippen molar-refractivity contribution in [2.24, 2.45) is 0 Å². The Morgan fingerprint density at radius 3 is 2.89 bits per heavy atom. The fraction of sp³-hybridized carbons (Fsp3) is 0.571. The maximum absolute atomic E-state index is 6.31. The lowest BCUT2D eigenvalue weighted by atomic mass is 9.90. The SMILES string of the molecule is c1cc2c(c3c1CCC1(CCNC1)O3)OCCO2. The molecule has 3 aliphatic rings. The first-order chi connectivity index (χ1) is 8.86. The smallest absolute Gasteiger partial charge is 0.204 e. The molecule has 1 saturated heterocycles. The van der Waals surface area contributed by atoms with Gasteiger partial charge in [0, 0.05) is 13.0 Å². The minimum absolute atomic E-state index is 0.0249. The maximum Gasteiger partial charge on any atom is 0.204 e. The molecule has 4 nitrogen and oxygen atoms in total. The Hall–Kier alpha value is -1.42. The molecule has 18 heavy (non-hydrogen) atoms. The van der Waals surface area contributed by atoms with E-state index in [0.29, 0.717) is 13.2 Å². The Kier molecular flexibility index (Phi) is 2.21. The third-order valence-electron chi connectivity index (χ3n) is 4.12. The molecule has 3 heterocycles. The molecule has 0 amide bonds. The summed E-state index contributed by atoms with van der Waals surface area (Å²) in [7, 11) is 0. The van der Waals surface area contributed by atoms with Crippen LogP contribution >= 0.6 is 0 Å². The van der Waals surface area contributed by atoms with Gasteiger partial charge in [0.25, 0.3) is 0 Å². The summed E-state index contributed by atoms with van der Waals surface area (Å²) in [5.74, 6) is 2.55. The third-order valence-corrected chi connectivity index (χ3v) is 4.12. The lowest BCUT2D eigenvalue weighted by molar-refractivity contribution is 0.0570. The van der Waals surface area contributed by atoms with Crippen molar-refractivity contribution in [3.05, 3.63) is 17.7 Å². The van der Waals surface area contributed by atoms with Crippen molar-refractivity contribution in [3.63, 3.8) is 0 Å². The molecule has 0 saturated carbocycles. The highest BCUT2D eigenvalue weighted by Gasteiger charge is 2.41. The molecule has 1 aromatic carbocycles. The molecular weight excluding hydrogens is 230 g/mol. The Morgan fingerprint density at radius 2 is 2.00 bits per heavy atom. The molecule has 1 aromatic rings. The van der Waals surface area contributed by atoms with Crippen LogP contribution in [0.2, 0.25) is 0 Å². The van der Waals surface area contributed by atoms with E-state index in [1.807, 2.05) is 6.07 Å². The summed E-state index contributed by atoms with van der Waals surface area (Å²) >= 11 is 0. The minimum Gasteiger partial charge on any atom is -0.486 e. The zero-order valence-electron chi connectivity index (χ0n) is 10.3. The molecular formula is C14H17NO3. The Balaban J connectivity index is 1.76. The molecule has 1 N–H and O–H groups in total. The van der Waals surface area contributed by atoms with Gasteiger partial charge in [-0.05, 0) is 31.0 Å². The largest absolute Gasteiger partial charge is 0.486 e. The monoisotopic (exact) mass is 247 g/mol. The molecule has 4 rings (SSSR count). The number of fused-ring (bicyclic) bond motifs is 3. The zero-order valence-corrected chi connectivity index (χ0v) is 10.3. The highest BCUT2D eigenvalue weighted by molar-refractivity contribution is 5.57. The minimum atomic E-state index is -0.0249. The van der Waals surface area contributed by atoms with E-state index in [0.717, 1.165) is 49.6 Å². The van der Waals surface area contributed by atoms with Gasteiger partial charge < -0.3 is 19.5 Å². The van der Waals surface area contributed by atoms with E-state index in [1.165, 1.54) is 5.56 Å². The highest BCUT2D eigenvalue weighted by atomic mass is 16.6. The molecule has 0 aromatic heterocycles. The summed E-state index contributed by atoms with van der Waals surface area (Å²) in [6, 6.07) is 4.11. The predicted octanol–water partition coefficient (Wildman–Crippen LogP) is 1.51. The van der Waals surface area contributed by atoms with Crippen LogP contribution in [-0.2, 0) is 6.42 Å². The maximum atomic E-state index is 6.31. The van der Waals surface area contributed by atoms with Crippen LogP contribution in [0.3, 0.4) is 0 Å². The fourth-order valence-electron chi connectivity index (χ4n) is 3.09. The van der Waals surface area contributed by atoms with Gasteiger partial charge in [0.2, 0.25) is 5.75 Å². The second-order valence-corrected chi connectivity index (χ2v) is 5.29. The second kappa shape index (κ2) is 3.79. The van der Waals surface area contributed by atoms with Crippen LogP contribution in [0.1, 0.15) is 18.4 Å². The van der Waals surface area contributed by atoms with Crippen LogP contribution in [0, 0.1) is 0 Å². The van der Waals surface area contributed by atoms with E-state index in [2.05, 4.69) is 11.4 Å². The summed E-state index contributed by atoms with van der Waals surface area (Å²) in [4.78, 5) is 0. The third kappa shape index (κ3) is 1.48. The molecule has 1 fully saturated rings. The molecule has 0 radical (unpaired) electrons. The molecule has 0 bridgehead atoms. The zero-order chi connectivity index (χ0) is 12.0. The number of ether oxygens (including phenoxy) is 3. The van der Waals surface area contributed by atoms with E-state index in [4.69, 9.17) is 14.2 Å². The average molecular weight is 247 g/mol. The first-order valence-electron chi connectivity index (χ1n) is 6.68. The van der Waals surface area contributed by atoms with Gasteiger partial charge in [0.05, 0.1) is 0 Å². The van der Waals surface area contributed by atoms with Gasteiger partial charge in [-0.25, -0.2) is 0 Å². The fourth-order valence-corrected chi connectivity index (χ4v) is 3.09. The van der Waals surface area contributed by atoms with E-state index >= 15 is 0 Å². The van der Waals surface area contributed by atoms with Crippen molar-refractivity contribution in [2.45, 2.75) is 24.9 Å². The summed E-state index contributed by atoms with van der Waals surface area (Å²) in [5, 5.41) is 3.40. The van der Waals surface area contributed by atoms with E-state index < -0.39 is 0 Å². The number of nitrogens with one attached hydrogen (secondary N) is 1. The number of aryl methyl sites for hydroxylation is 1. The summed E-state index contributed by atoms with van der Waals surface area (Å²) in [5.41, 5.74) is 1.22. The highest BCUT2D eigenvalue weighted by Crippen LogP contribution is 2.47. The Morgan fingerprint density at radius 1 is 1.06 bits per heavy atom. The van der Waals surface area contributed by atoms with E-state index in [-0.39, 0.29) is 5.60 Å². The Bertz CT molecular complexity index is 480. The molecule has 1 unspecified atom stereocenters. The first-order valence-corrected chi connectivity index (χ1v) is 6.68. The topological polar surface area (TPSA) is 39.7 Å². The summed E-state index contributed by atoms with van der Waals surface area (Å²) in [6.45, 7) is 3.22. The van der Waals surface area contributed by atoms with Gasteiger partial charge in [-0.3, -0.25) is 0 Å². The number of benzene rings is 1. The van der Waals surface area contributed by atoms with Gasteiger partial charge >= 0.3 is 0 Å². The lowest BCUT2D eigenvalue weighted by Gasteiger charge is -2.36. The van der Waals surface area contributed by atoms with Crippen molar-refractivity contribution in [1.29, 1.82) is 0 Å². The Labute approximate surface area is 106 Å². The quantitative estimate of drug-likeness (QED) is 0.754. The van der Waals surface area contributed by atoms with Gasteiger partial charge in [-0.2, -0.15) is 0 Å². The van der Waals surface area contributed by atoms with Gasteiger partial charge in [0.1, 0.15) is 18.8 Å². The molecule has 1 atom stereocenters. The van der Waals surface area contributed by atoms with Gasteiger partial charge in [-0.15, -0.1) is 0 Å². The van der Waals surface area contributed by atoms with Crippen LogP contribution in [0.25, 0.3) is 0 Å². The lowest BCUT2D eigenvalue weighted by Crippen LogP contribution is -2.41. The van der Waals surface area contributed by atoms with Crippen LogP contribution in [0.15, 0.2) is 12.1 Å². The van der Waals surface area contributed by atoms with Crippen molar-refractivity contribution < 1.29 is 14.2 Å². The van der Waals surface area contributed by atoms with Crippen LogP contribution in [0.5, 0.6) is 17.2 Å². The molecule has 4 heteroatoms. The van der Waals surface area contributed by atoms with Crippen molar-refractivity contribution >= 4 is 0 Å². The molecule has 0 aliphatic carbocycles. The van der Waals surface area contributed by atoms with Gasteiger partial charge in [0.15, 0.2) is 11.5 Å².